The minimum atomic E-state index is -3.40. The molecule has 20 heavy (non-hydrogen) atoms. The molecule has 0 N–H and O–H groups in total. The lowest BCUT2D eigenvalue weighted by Gasteiger charge is -2.35. The Morgan fingerprint density at radius 1 is 1.40 bits per heavy atom. The molecule has 3 heterocycles. The number of rotatable bonds is 3. The Morgan fingerprint density at radius 2 is 2.20 bits per heavy atom. The van der Waals surface area contributed by atoms with Crippen LogP contribution in [0.5, 0.6) is 0 Å². The van der Waals surface area contributed by atoms with Gasteiger partial charge in [-0.3, -0.25) is 4.40 Å². The van der Waals surface area contributed by atoms with Gasteiger partial charge in [0.05, 0.1) is 11.7 Å². The molecule has 1 fully saturated rings. The van der Waals surface area contributed by atoms with E-state index in [2.05, 4.69) is 4.98 Å². The predicted octanol–water partition coefficient (Wildman–Crippen LogP) is 1.73. The molecule has 0 aliphatic carbocycles. The topological polar surface area (TPSA) is 57.9 Å². The minimum absolute atomic E-state index is 0.153. The molecule has 0 aromatic carbocycles. The Morgan fingerprint density at radius 3 is 2.95 bits per heavy atom. The second-order valence-electron chi connectivity index (χ2n) is 5.16. The number of thiazole rings is 1. The van der Waals surface area contributed by atoms with E-state index in [1.807, 2.05) is 16.0 Å². The van der Waals surface area contributed by atoms with E-state index < -0.39 is 10.2 Å². The fourth-order valence-electron chi connectivity index (χ4n) is 2.64. The Hall–Kier alpha value is -0.960. The number of hydrogen-bond acceptors (Lipinski definition) is 4. The normalized spacial score (nSPS) is 21.9. The van der Waals surface area contributed by atoms with Crippen molar-refractivity contribution in [2.75, 3.05) is 20.6 Å². The highest BCUT2D eigenvalue weighted by Crippen LogP contribution is 2.35. The molecular weight excluding hydrogens is 296 g/mol. The Kier molecular flexibility index (Phi) is 3.57. The summed E-state index contributed by atoms with van der Waals surface area (Å²) >= 11 is 1.60. The molecule has 0 spiro atoms. The minimum Gasteiger partial charge on any atom is -0.297 e. The van der Waals surface area contributed by atoms with E-state index in [-0.39, 0.29) is 6.04 Å². The third kappa shape index (κ3) is 2.16. The molecule has 1 atom stereocenters. The third-order valence-electron chi connectivity index (χ3n) is 3.70. The molecule has 0 amide bonds. The summed E-state index contributed by atoms with van der Waals surface area (Å²) in [7, 11) is -0.248. The van der Waals surface area contributed by atoms with Gasteiger partial charge in [-0.05, 0) is 12.8 Å². The van der Waals surface area contributed by atoms with Gasteiger partial charge in [0.2, 0.25) is 0 Å². The largest absolute Gasteiger partial charge is 0.297 e. The highest BCUT2D eigenvalue weighted by Gasteiger charge is 2.36. The first-order chi connectivity index (χ1) is 9.51. The summed E-state index contributed by atoms with van der Waals surface area (Å²) in [4.78, 5) is 5.49. The van der Waals surface area contributed by atoms with Crippen LogP contribution in [0.4, 0.5) is 0 Å². The van der Waals surface area contributed by atoms with Crippen molar-refractivity contribution in [2.45, 2.75) is 25.3 Å². The lowest BCUT2D eigenvalue weighted by atomic mass is 10.0. The van der Waals surface area contributed by atoms with Gasteiger partial charge in [-0.2, -0.15) is 17.0 Å². The van der Waals surface area contributed by atoms with E-state index in [0.717, 1.165) is 29.8 Å². The first-order valence-corrected chi connectivity index (χ1v) is 8.89. The van der Waals surface area contributed by atoms with Crippen molar-refractivity contribution in [3.05, 3.63) is 23.6 Å². The number of imidazole rings is 1. The zero-order chi connectivity index (χ0) is 14.3. The van der Waals surface area contributed by atoms with Crippen LogP contribution in [0.25, 0.3) is 4.83 Å². The van der Waals surface area contributed by atoms with Gasteiger partial charge in [0.1, 0.15) is 11.2 Å². The van der Waals surface area contributed by atoms with Crippen molar-refractivity contribution in [1.82, 2.24) is 18.0 Å². The summed E-state index contributed by atoms with van der Waals surface area (Å²) in [6, 6.07) is -0.153. The molecular formula is C12H18N4O2S2. The molecule has 0 radical (unpaired) electrons. The maximum Gasteiger partial charge on any atom is 0.282 e. The van der Waals surface area contributed by atoms with E-state index in [1.165, 1.54) is 4.31 Å². The third-order valence-corrected chi connectivity index (χ3v) is 6.56. The van der Waals surface area contributed by atoms with E-state index in [9.17, 15) is 8.42 Å². The van der Waals surface area contributed by atoms with Crippen molar-refractivity contribution in [2.24, 2.45) is 0 Å². The molecule has 0 unspecified atom stereocenters. The van der Waals surface area contributed by atoms with Crippen molar-refractivity contribution in [3.8, 4) is 0 Å². The van der Waals surface area contributed by atoms with Gasteiger partial charge in [-0.15, -0.1) is 11.3 Å². The molecule has 3 rings (SSSR count). The first kappa shape index (κ1) is 14.0. The molecule has 2 aromatic rings. The fourth-order valence-corrected chi connectivity index (χ4v) is 4.81. The van der Waals surface area contributed by atoms with Gasteiger partial charge in [-0.25, -0.2) is 4.98 Å². The average molecular weight is 314 g/mol. The summed E-state index contributed by atoms with van der Waals surface area (Å²) in [5.74, 6) is 0. The van der Waals surface area contributed by atoms with Crippen LogP contribution < -0.4 is 0 Å². The smallest absolute Gasteiger partial charge is 0.282 e. The van der Waals surface area contributed by atoms with E-state index in [1.54, 1.807) is 36.1 Å². The van der Waals surface area contributed by atoms with Crippen LogP contribution in [0.3, 0.4) is 0 Å². The number of fused-ring (bicyclic) bond motifs is 1. The molecule has 8 heteroatoms. The lowest BCUT2D eigenvalue weighted by molar-refractivity contribution is 0.240. The molecule has 0 saturated carbocycles. The highest BCUT2D eigenvalue weighted by atomic mass is 32.2. The van der Waals surface area contributed by atoms with Crippen molar-refractivity contribution >= 4 is 26.4 Å². The van der Waals surface area contributed by atoms with Crippen LogP contribution in [0.15, 0.2) is 17.9 Å². The molecule has 1 aliphatic heterocycles. The number of nitrogens with zero attached hydrogens (tertiary/aromatic N) is 4. The van der Waals surface area contributed by atoms with Crippen molar-refractivity contribution in [3.63, 3.8) is 0 Å². The molecule has 2 aromatic heterocycles. The molecule has 110 valence electrons. The van der Waals surface area contributed by atoms with Gasteiger partial charge >= 0.3 is 0 Å². The van der Waals surface area contributed by atoms with E-state index in [0.29, 0.717) is 6.54 Å². The van der Waals surface area contributed by atoms with Gasteiger partial charge in [0, 0.05) is 32.2 Å². The van der Waals surface area contributed by atoms with Gasteiger partial charge in [0.25, 0.3) is 10.2 Å². The Balaban J connectivity index is 2.04. The summed E-state index contributed by atoms with van der Waals surface area (Å²) in [5.41, 5.74) is 0.880. The standard InChI is InChI=1S/C12H18N4O2S2/c1-14(2)20(17,18)16-6-4-3-5-10(16)11-12-15(9-13-11)7-8-19-12/h7-10H,3-6H2,1-2H3/t10-/m0/s1. The zero-order valence-electron chi connectivity index (χ0n) is 11.6. The van der Waals surface area contributed by atoms with Crippen LogP contribution in [0, 0.1) is 0 Å². The van der Waals surface area contributed by atoms with Crippen LogP contribution >= 0.6 is 11.3 Å². The van der Waals surface area contributed by atoms with Crippen molar-refractivity contribution in [1.29, 1.82) is 0 Å². The Labute approximate surface area is 122 Å². The highest BCUT2D eigenvalue weighted by molar-refractivity contribution is 7.86. The van der Waals surface area contributed by atoms with Crippen LogP contribution in [0.1, 0.15) is 31.0 Å². The second kappa shape index (κ2) is 5.10. The maximum absolute atomic E-state index is 12.5. The van der Waals surface area contributed by atoms with Crippen LogP contribution in [-0.2, 0) is 10.2 Å². The fraction of sp³-hybridized carbons (Fsp3) is 0.583. The Bertz CT molecular complexity index is 704. The molecule has 0 bridgehead atoms. The first-order valence-electron chi connectivity index (χ1n) is 6.61. The molecule has 1 saturated heterocycles. The number of piperidine rings is 1. The lowest BCUT2D eigenvalue weighted by Crippen LogP contribution is -2.44. The zero-order valence-corrected chi connectivity index (χ0v) is 13.2. The summed E-state index contributed by atoms with van der Waals surface area (Å²) in [5, 5.41) is 1.99. The van der Waals surface area contributed by atoms with Crippen LogP contribution in [-0.4, -0.2) is 47.1 Å². The average Bonchev–Trinajstić information content (AvgIpc) is 3.00. The number of aromatic nitrogens is 2. The van der Waals surface area contributed by atoms with E-state index >= 15 is 0 Å². The molecule has 1 aliphatic rings. The summed E-state index contributed by atoms with van der Waals surface area (Å²) in [6.45, 7) is 0.565. The van der Waals surface area contributed by atoms with Crippen LogP contribution in [0.2, 0.25) is 0 Å². The van der Waals surface area contributed by atoms with E-state index in [4.69, 9.17) is 0 Å². The maximum atomic E-state index is 12.5. The molecule has 6 nitrogen and oxygen atoms in total. The predicted molar refractivity (Wildman–Crippen MR) is 79.0 cm³/mol. The summed E-state index contributed by atoms with van der Waals surface area (Å²) < 4.78 is 29.8. The van der Waals surface area contributed by atoms with Crippen molar-refractivity contribution < 1.29 is 8.42 Å². The van der Waals surface area contributed by atoms with Gasteiger partial charge < -0.3 is 0 Å². The second-order valence-corrected chi connectivity index (χ2v) is 8.15. The van der Waals surface area contributed by atoms with Gasteiger partial charge in [0.15, 0.2) is 0 Å². The monoisotopic (exact) mass is 314 g/mol. The van der Waals surface area contributed by atoms with Gasteiger partial charge in [-0.1, -0.05) is 6.42 Å². The SMILES string of the molecule is CN(C)S(=O)(=O)N1CCCC[C@H]1c1ncn2ccsc12. The number of hydrogen-bond donors (Lipinski definition) is 0. The summed E-state index contributed by atoms with van der Waals surface area (Å²) in [6.07, 6.45) is 6.48. The quantitative estimate of drug-likeness (QED) is 0.867.